The monoisotopic (exact) mass is 306 g/mol. The summed E-state index contributed by atoms with van der Waals surface area (Å²) in [5.74, 6) is 0.193. The Morgan fingerprint density at radius 1 is 1.24 bits per heavy atom. The summed E-state index contributed by atoms with van der Waals surface area (Å²) in [5.41, 5.74) is 1.37. The van der Waals surface area contributed by atoms with Gasteiger partial charge in [-0.05, 0) is 36.6 Å². The number of rotatable bonds is 6. The van der Waals surface area contributed by atoms with E-state index >= 15 is 0 Å². The number of benzene rings is 1. The van der Waals surface area contributed by atoms with Gasteiger partial charge in [0.1, 0.15) is 23.5 Å². The SMILES string of the molecule is CC(=C(C#N)C#N)c1ccc(OCCCS(=O)(=O)O)cc1. The second-order valence-electron chi connectivity index (χ2n) is 4.24. The Morgan fingerprint density at radius 3 is 2.29 bits per heavy atom. The first-order chi connectivity index (χ1) is 9.87. The van der Waals surface area contributed by atoms with E-state index in [-0.39, 0.29) is 24.4 Å². The lowest BCUT2D eigenvalue weighted by atomic mass is 10.0. The third-order valence-electron chi connectivity index (χ3n) is 2.70. The molecule has 1 rings (SSSR count). The molecule has 0 aliphatic heterocycles. The van der Waals surface area contributed by atoms with Gasteiger partial charge in [-0.2, -0.15) is 18.9 Å². The van der Waals surface area contributed by atoms with Crippen LogP contribution in [0.15, 0.2) is 29.8 Å². The van der Waals surface area contributed by atoms with Crippen molar-refractivity contribution < 1.29 is 17.7 Å². The quantitative estimate of drug-likeness (QED) is 0.489. The maximum atomic E-state index is 10.5. The van der Waals surface area contributed by atoms with E-state index in [0.717, 1.165) is 5.56 Å². The molecule has 1 N–H and O–H groups in total. The Kier molecular flexibility index (Phi) is 5.92. The summed E-state index contributed by atoms with van der Waals surface area (Å²) >= 11 is 0. The smallest absolute Gasteiger partial charge is 0.264 e. The van der Waals surface area contributed by atoms with Crippen molar-refractivity contribution in [2.45, 2.75) is 13.3 Å². The van der Waals surface area contributed by atoms with Crippen LogP contribution in [0, 0.1) is 22.7 Å². The van der Waals surface area contributed by atoms with Gasteiger partial charge in [0.2, 0.25) is 0 Å². The molecule has 0 amide bonds. The molecule has 0 spiro atoms. The van der Waals surface area contributed by atoms with E-state index in [1.54, 1.807) is 31.2 Å². The van der Waals surface area contributed by atoms with Crippen LogP contribution in [0.4, 0.5) is 0 Å². The van der Waals surface area contributed by atoms with Crippen LogP contribution in [0.1, 0.15) is 18.9 Å². The van der Waals surface area contributed by atoms with Crippen LogP contribution in [0.5, 0.6) is 5.75 Å². The lowest BCUT2D eigenvalue weighted by Crippen LogP contribution is -2.08. The molecule has 0 unspecified atom stereocenters. The highest BCUT2D eigenvalue weighted by Crippen LogP contribution is 2.21. The molecule has 0 bridgehead atoms. The molecule has 0 aliphatic rings. The first-order valence-corrected chi connectivity index (χ1v) is 7.68. The maximum absolute atomic E-state index is 10.5. The highest BCUT2D eigenvalue weighted by molar-refractivity contribution is 7.85. The fourth-order valence-electron chi connectivity index (χ4n) is 1.57. The molecular weight excluding hydrogens is 292 g/mol. The van der Waals surface area contributed by atoms with Crippen molar-refractivity contribution in [3.05, 3.63) is 35.4 Å². The summed E-state index contributed by atoms with van der Waals surface area (Å²) in [6.45, 7) is 1.85. The predicted octanol–water partition coefficient (Wildman–Crippen LogP) is 2.16. The summed E-state index contributed by atoms with van der Waals surface area (Å²) < 4.78 is 34.9. The summed E-state index contributed by atoms with van der Waals surface area (Å²) in [4.78, 5) is 0. The summed E-state index contributed by atoms with van der Waals surface area (Å²) in [6.07, 6.45) is 0.187. The van der Waals surface area contributed by atoms with Crippen molar-refractivity contribution in [3.8, 4) is 17.9 Å². The third-order valence-corrected chi connectivity index (χ3v) is 3.51. The van der Waals surface area contributed by atoms with Gasteiger partial charge in [-0.1, -0.05) is 12.1 Å². The molecule has 110 valence electrons. The molecule has 21 heavy (non-hydrogen) atoms. The van der Waals surface area contributed by atoms with Crippen molar-refractivity contribution in [2.75, 3.05) is 12.4 Å². The molecule has 0 radical (unpaired) electrons. The van der Waals surface area contributed by atoms with E-state index in [9.17, 15) is 8.42 Å². The molecule has 1 aromatic rings. The largest absolute Gasteiger partial charge is 0.494 e. The zero-order valence-electron chi connectivity index (χ0n) is 11.4. The minimum absolute atomic E-state index is 0.0526. The number of allylic oxidation sites excluding steroid dienone is 2. The molecule has 0 aliphatic carbocycles. The van der Waals surface area contributed by atoms with E-state index in [0.29, 0.717) is 11.3 Å². The van der Waals surface area contributed by atoms with Crippen LogP contribution in [-0.2, 0) is 10.1 Å². The van der Waals surface area contributed by atoms with Crippen molar-refractivity contribution in [1.29, 1.82) is 10.5 Å². The van der Waals surface area contributed by atoms with Crippen LogP contribution in [0.2, 0.25) is 0 Å². The normalized spacial score (nSPS) is 10.3. The minimum Gasteiger partial charge on any atom is -0.494 e. The predicted molar refractivity (Wildman–Crippen MR) is 76.8 cm³/mol. The maximum Gasteiger partial charge on any atom is 0.264 e. The summed E-state index contributed by atoms with van der Waals surface area (Å²) in [6, 6.07) is 10.4. The average molecular weight is 306 g/mol. The first-order valence-electron chi connectivity index (χ1n) is 6.07. The van der Waals surface area contributed by atoms with Gasteiger partial charge in [-0.15, -0.1) is 0 Å². The first kappa shape index (κ1) is 16.7. The Bertz CT molecular complexity index is 691. The lowest BCUT2D eigenvalue weighted by Gasteiger charge is -2.07. The Morgan fingerprint density at radius 2 is 1.81 bits per heavy atom. The van der Waals surface area contributed by atoms with Gasteiger partial charge < -0.3 is 4.74 Å². The minimum atomic E-state index is -3.96. The van der Waals surface area contributed by atoms with Crippen molar-refractivity contribution in [1.82, 2.24) is 0 Å². The molecule has 0 atom stereocenters. The second kappa shape index (κ2) is 7.44. The Hall–Kier alpha value is -2.35. The molecule has 0 aromatic heterocycles. The lowest BCUT2D eigenvalue weighted by molar-refractivity contribution is 0.316. The van der Waals surface area contributed by atoms with Gasteiger partial charge in [-0.25, -0.2) is 0 Å². The van der Waals surface area contributed by atoms with Crippen LogP contribution in [0.3, 0.4) is 0 Å². The molecule has 0 fully saturated rings. The number of nitrogens with zero attached hydrogens (tertiary/aromatic N) is 2. The molecular formula is C14H14N2O4S. The molecule has 0 saturated heterocycles. The van der Waals surface area contributed by atoms with Gasteiger partial charge in [0.15, 0.2) is 0 Å². The number of hydrogen-bond acceptors (Lipinski definition) is 5. The molecule has 6 nitrogen and oxygen atoms in total. The van der Waals surface area contributed by atoms with Crippen LogP contribution in [0.25, 0.3) is 5.57 Å². The standard InChI is InChI=1S/C14H14N2O4S/c1-11(13(9-15)10-16)12-3-5-14(6-4-12)20-7-2-8-21(17,18)19/h3-6H,2,7-8H2,1H3,(H,17,18,19). The summed E-state index contributed by atoms with van der Waals surface area (Å²) in [5, 5.41) is 17.6. The van der Waals surface area contributed by atoms with E-state index in [2.05, 4.69) is 0 Å². The zero-order chi connectivity index (χ0) is 15.9. The van der Waals surface area contributed by atoms with Crippen LogP contribution in [-0.4, -0.2) is 25.3 Å². The summed E-state index contributed by atoms with van der Waals surface area (Å²) in [7, 11) is -3.96. The van der Waals surface area contributed by atoms with Gasteiger partial charge in [-0.3, -0.25) is 4.55 Å². The van der Waals surface area contributed by atoms with Crippen molar-refractivity contribution in [3.63, 3.8) is 0 Å². The Labute approximate surface area is 123 Å². The van der Waals surface area contributed by atoms with Gasteiger partial charge in [0.25, 0.3) is 10.1 Å². The topological polar surface area (TPSA) is 111 Å². The number of ether oxygens (including phenoxy) is 1. The Balaban J connectivity index is 2.66. The van der Waals surface area contributed by atoms with E-state index < -0.39 is 10.1 Å². The van der Waals surface area contributed by atoms with Gasteiger partial charge >= 0.3 is 0 Å². The third kappa shape index (κ3) is 5.65. The van der Waals surface area contributed by atoms with E-state index in [4.69, 9.17) is 19.8 Å². The van der Waals surface area contributed by atoms with Crippen LogP contribution < -0.4 is 4.74 Å². The van der Waals surface area contributed by atoms with Gasteiger partial charge in [0, 0.05) is 0 Å². The molecule has 0 heterocycles. The van der Waals surface area contributed by atoms with Crippen LogP contribution >= 0.6 is 0 Å². The zero-order valence-corrected chi connectivity index (χ0v) is 12.2. The second-order valence-corrected chi connectivity index (χ2v) is 5.81. The fraction of sp³-hybridized carbons (Fsp3) is 0.286. The van der Waals surface area contributed by atoms with Crippen molar-refractivity contribution >= 4 is 15.7 Å². The number of hydrogen-bond donors (Lipinski definition) is 1. The van der Waals surface area contributed by atoms with E-state index in [1.807, 2.05) is 12.1 Å². The molecule has 1 aromatic carbocycles. The van der Waals surface area contributed by atoms with Gasteiger partial charge in [0.05, 0.1) is 12.4 Å². The fourth-order valence-corrected chi connectivity index (χ4v) is 2.05. The van der Waals surface area contributed by atoms with Crippen molar-refractivity contribution in [2.24, 2.45) is 0 Å². The van der Waals surface area contributed by atoms with E-state index in [1.165, 1.54) is 0 Å². The molecule has 7 heteroatoms. The average Bonchev–Trinajstić information content (AvgIpc) is 2.44. The highest BCUT2D eigenvalue weighted by Gasteiger charge is 2.05. The highest BCUT2D eigenvalue weighted by atomic mass is 32.2. The number of nitriles is 2. The molecule has 0 saturated carbocycles.